The summed E-state index contributed by atoms with van der Waals surface area (Å²) < 4.78 is 24.1. The van der Waals surface area contributed by atoms with E-state index in [4.69, 9.17) is 0 Å². The van der Waals surface area contributed by atoms with Crippen molar-refractivity contribution in [2.75, 3.05) is 6.26 Å². The van der Waals surface area contributed by atoms with Gasteiger partial charge in [0.25, 0.3) is 0 Å². The Balaban J connectivity index is 2.86. The van der Waals surface area contributed by atoms with Gasteiger partial charge in [-0.25, -0.2) is 18.1 Å². The van der Waals surface area contributed by atoms with Crippen molar-refractivity contribution in [3.63, 3.8) is 0 Å². The lowest BCUT2D eigenvalue weighted by Gasteiger charge is -2.11. The largest absolute Gasteiger partial charge is 0.298 e. The van der Waals surface area contributed by atoms with E-state index in [2.05, 4.69) is 10.1 Å². The monoisotopic (exact) mass is 259 g/mol. The molecule has 0 saturated heterocycles. The van der Waals surface area contributed by atoms with E-state index in [0.717, 1.165) is 6.26 Å². The fourth-order valence-corrected chi connectivity index (χ4v) is 1.93. The summed E-state index contributed by atoms with van der Waals surface area (Å²) in [6.07, 6.45) is 2.42. The second-order valence-electron chi connectivity index (χ2n) is 4.33. The highest BCUT2D eigenvalue weighted by atomic mass is 32.2. The molecule has 0 radical (unpaired) electrons. The van der Waals surface area contributed by atoms with E-state index >= 15 is 0 Å². The number of carbonyl (C=O) groups excluding carboxylic acids is 1. The van der Waals surface area contributed by atoms with Gasteiger partial charge in [-0.2, -0.15) is 5.10 Å². The fraction of sp³-hybridized carbons (Fsp3) is 0.700. The van der Waals surface area contributed by atoms with Crippen molar-refractivity contribution in [3.8, 4) is 0 Å². The molecule has 0 bridgehead atoms. The van der Waals surface area contributed by atoms with Gasteiger partial charge >= 0.3 is 0 Å². The lowest BCUT2D eigenvalue weighted by molar-refractivity contribution is -0.117. The summed E-state index contributed by atoms with van der Waals surface area (Å²) in [7, 11) is -3.35. The molecule has 0 aliphatic rings. The SMILES string of the molecule is CC(C)n1ncnc1CC(=O)C(C)S(C)(=O)=O. The molecule has 1 aromatic heterocycles. The molecule has 0 aromatic carbocycles. The Kier molecular flexibility index (Phi) is 4.03. The van der Waals surface area contributed by atoms with E-state index in [0.29, 0.717) is 5.82 Å². The van der Waals surface area contributed by atoms with Gasteiger partial charge in [-0.1, -0.05) is 0 Å². The van der Waals surface area contributed by atoms with Gasteiger partial charge in [-0.3, -0.25) is 4.79 Å². The summed E-state index contributed by atoms with van der Waals surface area (Å²) in [5, 5.41) is 2.99. The van der Waals surface area contributed by atoms with Crippen LogP contribution in [0.1, 0.15) is 32.6 Å². The predicted octanol–water partition coefficient (Wildman–Crippen LogP) is 0.404. The lowest BCUT2D eigenvalue weighted by atomic mass is 10.2. The number of hydrogen-bond acceptors (Lipinski definition) is 5. The molecule has 1 aromatic rings. The maximum atomic E-state index is 11.8. The second kappa shape index (κ2) is 4.95. The van der Waals surface area contributed by atoms with Crippen LogP contribution in [0.2, 0.25) is 0 Å². The summed E-state index contributed by atoms with van der Waals surface area (Å²) in [6.45, 7) is 5.24. The minimum Gasteiger partial charge on any atom is -0.298 e. The molecule has 17 heavy (non-hydrogen) atoms. The number of hydrogen-bond donors (Lipinski definition) is 0. The van der Waals surface area contributed by atoms with Crippen LogP contribution in [0, 0.1) is 0 Å². The molecule has 0 fully saturated rings. The van der Waals surface area contributed by atoms with Crippen LogP contribution < -0.4 is 0 Å². The molecule has 0 N–H and O–H groups in total. The molecule has 96 valence electrons. The van der Waals surface area contributed by atoms with E-state index in [9.17, 15) is 13.2 Å². The Morgan fingerprint density at radius 1 is 1.41 bits per heavy atom. The first-order chi connectivity index (χ1) is 7.73. The average Bonchev–Trinajstić information content (AvgIpc) is 2.63. The zero-order valence-corrected chi connectivity index (χ0v) is 11.2. The van der Waals surface area contributed by atoms with Crippen LogP contribution in [0.5, 0.6) is 0 Å². The number of rotatable bonds is 5. The third-order valence-corrected chi connectivity index (χ3v) is 4.11. The summed E-state index contributed by atoms with van der Waals surface area (Å²) in [5.74, 6) is 0.142. The summed E-state index contributed by atoms with van der Waals surface area (Å²) >= 11 is 0. The number of carbonyl (C=O) groups is 1. The molecule has 0 spiro atoms. The first-order valence-electron chi connectivity index (χ1n) is 5.33. The third-order valence-electron chi connectivity index (χ3n) is 2.56. The molecule has 0 saturated carbocycles. The Morgan fingerprint density at radius 2 is 2.00 bits per heavy atom. The van der Waals surface area contributed by atoms with Gasteiger partial charge in [-0.05, 0) is 20.8 Å². The Bertz CT molecular complexity index is 505. The number of nitrogens with zero attached hydrogens (tertiary/aromatic N) is 3. The third kappa shape index (κ3) is 3.36. The molecule has 1 unspecified atom stereocenters. The maximum absolute atomic E-state index is 11.8. The Morgan fingerprint density at radius 3 is 2.47 bits per heavy atom. The van der Waals surface area contributed by atoms with Crippen molar-refractivity contribution in [2.24, 2.45) is 0 Å². The highest BCUT2D eigenvalue weighted by Gasteiger charge is 2.25. The fourth-order valence-electron chi connectivity index (χ4n) is 1.37. The molecule has 7 heteroatoms. The Labute approximate surface area is 101 Å². The van der Waals surface area contributed by atoms with Gasteiger partial charge in [0.15, 0.2) is 15.6 Å². The van der Waals surface area contributed by atoms with Crippen molar-refractivity contribution < 1.29 is 13.2 Å². The van der Waals surface area contributed by atoms with Crippen LogP contribution in [-0.4, -0.2) is 40.5 Å². The van der Waals surface area contributed by atoms with Gasteiger partial charge in [0.2, 0.25) is 0 Å². The number of ketones is 1. The molecule has 1 rings (SSSR count). The standard InChI is InChI=1S/C10H17N3O3S/c1-7(2)13-10(11-6-12-13)5-9(14)8(3)17(4,15)16/h6-8H,5H2,1-4H3. The Hall–Kier alpha value is -1.24. The van der Waals surface area contributed by atoms with E-state index in [1.807, 2.05) is 13.8 Å². The van der Waals surface area contributed by atoms with Crippen LogP contribution in [-0.2, 0) is 21.1 Å². The van der Waals surface area contributed by atoms with E-state index < -0.39 is 15.1 Å². The van der Waals surface area contributed by atoms with Gasteiger partial charge < -0.3 is 0 Å². The average molecular weight is 259 g/mol. The van der Waals surface area contributed by atoms with Gasteiger partial charge in [0.1, 0.15) is 17.4 Å². The minimum absolute atomic E-state index is 0.00752. The topological polar surface area (TPSA) is 81.9 Å². The van der Waals surface area contributed by atoms with Crippen molar-refractivity contribution in [3.05, 3.63) is 12.2 Å². The normalized spacial score (nSPS) is 13.9. The summed E-state index contributed by atoms with van der Waals surface area (Å²) in [6, 6.07) is 0.0915. The molecule has 0 amide bonds. The molecule has 6 nitrogen and oxygen atoms in total. The van der Waals surface area contributed by atoms with Crippen molar-refractivity contribution in [1.82, 2.24) is 14.8 Å². The zero-order chi connectivity index (χ0) is 13.2. The number of Topliss-reactive ketones (excluding diaryl/α,β-unsaturated/α-hetero) is 1. The zero-order valence-electron chi connectivity index (χ0n) is 10.4. The maximum Gasteiger partial charge on any atom is 0.158 e. The van der Waals surface area contributed by atoms with Crippen molar-refractivity contribution in [2.45, 2.75) is 38.5 Å². The molecule has 1 atom stereocenters. The highest BCUT2D eigenvalue weighted by molar-refractivity contribution is 7.92. The van der Waals surface area contributed by atoms with E-state index in [-0.39, 0.29) is 18.2 Å². The number of aromatic nitrogens is 3. The number of sulfone groups is 1. The lowest BCUT2D eigenvalue weighted by Crippen LogP contribution is -2.28. The van der Waals surface area contributed by atoms with Crippen LogP contribution in [0.4, 0.5) is 0 Å². The molecule has 1 heterocycles. The van der Waals surface area contributed by atoms with Crippen LogP contribution in [0.3, 0.4) is 0 Å². The van der Waals surface area contributed by atoms with Crippen molar-refractivity contribution in [1.29, 1.82) is 0 Å². The first-order valence-corrected chi connectivity index (χ1v) is 7.29. The molecular weight excluding hydrogens is 242 g/mol. The van der Waals surface area contributed by atoms with Gasteiger partial charge in [-0.15, -0.1) is 0 Å². The van der Waals surface area contributed by atoms with Crippen LogP contribution >= 0.6 is 0 Å². The smallest absolute Gasteiger partial charge is 0.158 e. The molecular formula is C10H17N3O3S. The van der Waals surface area contributed by atoms with E-state index in [1.165, 1.54) is 13.3 Å². The van der Waals surface area contributed by atoms with Crippen molar-refractivity contribution >= 4 is 15.6 Å². The summed E-state index contributed by atoms with van der Waals surface area (Å²) in [4.78, 5) is 15.7. The predicted molar refractivity (Wildman–Crippen MR) is 63.4 cm³/mol. The van der Waals surface area contributed by atoms with E-state index in [1.54, 1.807) is 4.68 Å². The van der Waals surface area contributed by atoms with Crippen LogP contribution in [0.25, 0.3) is 0 Å². The molecule has 0 aliphatic heterocycles. The quantitative estimate of drug-likeness (QED) is 0.764. The van der Waals surface area contributed by atoms with Crippen LogP contribution in [0.15, 0.2) is 6.33 Å². The second-order valence-corrected chi connectivity index (χ2v) is 6.70. The highest BCUT2D eigenvalue weighted by Crippen LogP contribution is 2.09. The summed E-state index contributed by atoms with van der Waals surface area (Å²) in [5.41, 5.74) is 0. The first kappa shape index (κ1) is 13.8. The van der Waals surface area contributed by atoms with Gasteiger partial charge in [0, 0.05) is 12.3 Å². The molecule has 0 aliphatic carbocycles. The van der Waals surface area contributed by atoms with Gasteiger partial charge in [0.05, 0.1) is 6.42 Å². The minimum atomic E-state index is -3.35.